The monoisotopic (exact) mass is 197 g/mol. The van der Waals surface area contributed by atoms with Gasteiger partial charge in [-0.3, -0.25) is 5.41 Å². The smallest absolute Gasteiger partial charge is 0.188 e. The van der Waals surface area contributed by atoms with Crippen molar-refractivity contribution in [3.05, 3.63) is 0 Å². The highest BCUT2D eigenvalue weighted by Crippen LogP contribution is 2.48. The zero-order valence-electron chi connectivity index (χ0n) is 8.75. The molecular weight excluding hydrogens is 178 g/mol. The van der Waals surface area contributed by atoms with E-state index in [2.05, 4.69) is 0 Å². The number of nitrogens with two attached hydrogens (primary N) is 1. The molecule has 1 saturated heterocycles. The molecule has 14 heavy (non-hydrogen) atoms. The van der Waals surface area contributed by atoms with Crippen molar-refractivity contribution in [2.24, 2.45) is 17.1 Å². The quantitative estimate of drug-likeness (QED) is 0.504. The first-order valence-electron chi connectivity index (χ1n) is 5.26. The highest BCUT2D eigenvalue weighted by atomic mass is 16.5. The van der Waals surface area contributed by atoms with Crippen LogP contribution in [0.4, 0.5) is 0 Å². The molecule has 4 nitrogen and oxygen atoms in total. The minimum atomic E-state index is 0.217. The van der Waals surface area contributed by atoms with Crippen LogP contribution in [0.1, 0.15) is 19.3 Å². The van der Waals surface area contributed by atoms with E-state index in [1.54, 1.807) is 7.11 Å². The average Bonchev–Trinajstić information content (AvgIpc) is 2.60. The molecular formula is C10H19N3O. The van der Waals surface area contributed by atoms with Crippen molar-refractivity contribution in [3.63, 3.8) is 0 Å². The maximum Gasteiger partial charge on any atom is 0.188 e. The fourth-order valence-electron chi connectivity index (χ4n) is 3.12. The van der Waals surface area contributed by atoms with Gasteiger partial charge in [0.2, 0.25) is 0 Å². The lowest BCUT2D eigenvalue weighted by Gasteiger charge is -2.27. The number of hydrogen-bond donors (Lipinski definition) is 2. The molecule has 0 aromatic carbocycles. The van der Waals surface area contributed by atoms with Crippen molar-refractivity contribution in [3.8, 4) is 0 Å². The number of nitrogens with zero attached hydrogens (tertiary/aromatic N) is 1. The summed E-state index contributed by atoms with van der Waals surface area (Å²) in [5, 5.41) is 7.45. The molecule has 0 aromatic rings. The van der Waals surface area contributed by atoms with Gasteiger partial charge >= 0.3 is 0 Å². The Labute approximate surface area is 84.9 Å². The predicted octanol–water partition coefficient (Wildman–Crippen LogP) is 0.628. The summed E-state index contributed by atoms with van der Waals surface area (Å²) in [6.45, 7) is 2.70. The average molecular weight is 197 g/mol. The SMILES string of the molecule is COC[C@]12CCC[C@@H]1CN(C(=N)N)C2. The Morgan fingerprint density at radius 3 is 3.14 bits per heavy atom. The minimum absolute atomic E-state index is 0.217. The molecule has 1 aliphatic heterocycles. The molecule has 4 heteroatoms. The van der Waals surface area contributed by atoms with E-state index in [4.69, 9.17) is 15.9 Å². The third-order valence-electron chi connectivity index (χ3n) is 3.81. The molecule has 1 heterocycles. The second-order valence-corrected chi connectivity index (χ2v) is 4.65. The van der Waals surface area contributed by atoms with E-state index in [9.17, 15) is 0 Å². The molecule has 2 aliphatic rings. The lowest BCUT2D eigenvalue weighted by atomic mass is 9.82. The van der Waals surface area contributed by atoms with Crippen molar-refractivity contribution >= 4 is 5.96 Å². The Bertz CT molecular complexity index is 244. The molecule has 0 amide bonds. The van der Waals surface area contributed by atoms with E-state index in [-0.39, 0.29) is 5.96 Å². The Morgan fingerprint density at radius 2 is 2.50 bits per heavy atom. The van der Waals surface area contributed by atoms with Gasteiger partial charge in [-0.1, -0.05) is 6.42 Å². The van der Waals surface area contributed by atoms with Crippen molar-refractivity contribution in [2.45, 2.75) is 19.3 Å². The zero-order valence-corrected chi connectivity index (χ0v) is 8.75. The van der Waals surface area contributed by atoms with Gasteiger partial charge in [0.05, 0.1) is 6.61 Å². The van der Waals surface area contributed by atoms with E-state index >= 15 is 0 Å². The summed E-state index contributed by atoms with van der Waals surface area (Å²) in [7, 11) is 1.76. The molecule has 2 rings (SSSR count). The Balaban J connectivity index is 2.10. The molecule has 1 saturated carbocycles. The molecule has 0 spiro atoms. The van der Waals surface area contributed by atoms with Crippen molar-refractivity contribution < 1.29 is 4.74 Å². The summed E-state index contributed by atoms with van der Waals surface area (Å²) in [6.07, 6.45) is 3.81. The molecule has 1 aliphatic carbocycles. The number of methoxy groups -OCH3 is 1. The van der Waals surface area contributed by atoms with E-state index in [0.29, 0.717) is 11.3 Å². The van der Waals surface area contributed by atoms with Crippen LogP contribution in [0, 0.1) is 16.7 Å². The first-order chi connectivity index (χ1) is 6.68. The van der Waals surface area contributed by atoms with Crippen LogP contribution < -0.4 is 5.73 Å². The van der Waals surface area contributed by atoms with Crippen LogP contribution in [0.25, 0.3) is 0 Å². The van der Waals surface area contributed by atoms with E-state index in [1.807, 2.05) is 4.90 Å². The normalized spacial score (nSPS) is 36.1. The van der Waals surface area contributed by atoms with Gasteiger partial charge in [-0.2, -0.15) is 0 Å². The maximum absolute atomic E-state index is 7.45. The largest absolute Gasteiger partial charge is 0.384 e. The van der Waals surface area contributed by atoms with Gasteiger partial charge in [0, 0.05) is 25.6 Å². The maximum atomic E-state index is 7.45. The second kappa shape index (κ2) is 3.42. The van der Waals surface area contributed by atoms with Crippen LogP contribution in [0.3, 0.4) is 0 Å². The molecule has 0 aromatic heterocycles. The Kier molecular flexibility index (Phi) is 2.39. The number of rotatable bonds is 2. The minimum Gasteiger partial charge on any atom is -0.384 e. The second-order valence-electron chi connectivity index (χ2n) is 4.65. The number of guanidine groups is 1. The molecule has 0 radical (unpaired) electrons. The van der Waals surface area contributed by atoms with Crippen molar-refractivity contribution in [2.75, 3.05) is 26.8 Å². The number of nitrogens with one attached hydrogen (secondary N) is 1. The predicted molar refractivity (Wildman–Crippen MR) is 55.1 cm³/mol. The van der Waals surface area contributed by atoms with Gasteiger partial charge < -0.3 is 15.4 Å². The molecule has 80 valence electrons. The number of fused-ring (bicyclic) bond motifs is 1. The van der Waals surface area contributed by atoms with Gasteiger partial charge in [0.15, 0.2) is 5.96 Å². The highest BCUT2D eigenvalue weighted by molar-refractivity contribution is 5.75. The summed E-state index contributed by atoms with van der Waals surface area (Å²) in [5.74, 6) is 0.904. The summed E-state index contributed by atoms with van der Waals surface area (Å²) >= 11 is 0. The lowest BCUT2D eigenvalue weighted by molar-refractivity contribution is 0.0734. The van der Waals surface area contributed by atoms with E-state index in [1.165, 1.54) is 19.3 Å². The van der Waals surface area contributed by atoms with Gasteiger partial charge in [-0.15, -0.1) is 0 Å². The first-order valence-corrected chi connectivity index (χ1v) is 5.26. The fraction of sp³-hybridized carbons (Fsp3) is 0.900. The van der Waals surface area contributed by atoms with Crippen LogP contribution in [0.15, 0.2) is 0 Å². The molecule has 0 bridgehead atoms. The van der Waals surface area contributed by atoms with Crippen LogP contribution in [-0.2, 0) is 4.74 Å². The van der Waals surface area contributed by atoms with Gasteiger partial charge in [-0.25, -0.2) is 0 Å². The van der Waals surface area contributed by atoms with Gasteiger partial charge in [0.25, 0.3) is 0 Å². The fourth-order valence-corrected chi connectivity index (χ4v) is 3.12. The molecule has 2 fully saturated rings. The Hall–Kier alpha value is -0.770. The summed E-state index contributed by atoms with van der Waals surface area (Å²) < 4.78 is 5.32. The first kappa shape index (κ1) is 9.77. The third kappa shape index (κ3) is 1.38. The van der Waals surface area contributed by atoms with Crippen molar-refractivity contribution in [1.82, 2.24) is 4.90 Å². The number of ether oxygens (including phenoxy) is 1. The van der Waals surface area contributed by atoms with Crippen LogP contribution in [0.5, 0.6) is 0 Å². The molecule has 3 N–H and O–H groups in total. The van der Waals surface area contributed by atoms with Gasteiger partial charge in [0.1, 0.15) is 0 Å². The Morgan fingerprint density at radius 1 is 1.71 bits per heavy atom. The van der Waals surface area contributed by atoms with Crippen LogP contribution in [0.2, 0.25) is 0 Å². The molecule has 0 unspecified atom stereocenters. The number of likely N-dealkylation sites (tertiary alicyclic amines) is 1. The standard InChI is InChI=1S/C10H19N3O/c1-14-7-10-4-2-3-8(10)5-13(6-10)9(11)12/h8H,2-7H2,1H3,(H3,11,12)/t8-,10-/m1/s1. The number of hydrogen-bond acceptors (Lipinski definition) is 2. The summed E-state index contributed by atoms with van der Waals surface area (Å²) in [4.78, 5) is 1.99. The van der Waals surface area contributed by atoms with E-state index < -0.39 is 0 Å². The molecule has 2 atom stereocenters. The third-order valence-corrected chi connectivity index (χ3v) is 3.81. The topological polar surface area (TPSA) is 62.3 Å². The van der Waals surface area contributed by atoms with Crippen LogP contribution >= 0.6 is 0 Å². The summed E-state index contributed by atoms with van der Waals surface area (Å²) in [6, 6.07) is 0. The lowest BCUT2D eigenvalue weighted by Crippen LogP contribution is -2.37. The van der Waals surface area contributed by atoms with E-state index in [0.717, 1.165) is 19.7 Å². The highest BCUT2D eigenvalue weighted by Gasteiger charge is 2.49. The van der Waals surface area contributed by atoms with Crippen molar-refractivity contribution in [1.29, 1.82) is 5.41 Å². The zero-order chi connectivity index (χ0) is 10.2. The van der Waals surface area contributed by atoms with Crippen LogP contribution in [-0.4, -0.2) is 37.7 Å². The summed E-state index contributed by atoms with van der Waals surface area (Å²) in [5.41, 5.74) is 5.82. The van der Waals surface area contributed by atoms with Gasteiger partial charge in [-0.05, 0) is 18.8 Å².